The maximum Gasteiger partial charge on any atom is 0.175 e. The minimum absolute atomic E-state index is 0.363. The summed E-state index contributed by atoms with van der Waals surface area (Å²) in [5.41, 5.74) is 5.56. The first kappa shape index (κ1) is 22.2. The van der Waals surface area contributed by atoms with Crippen LogP contribution in [-0.2, 0) is 22.8 Å². The molecule has 0 saturated carbocycles. The molecule has 0 aliphatic carbocycles. The zero-order chi connectivity index (χ0) is 23.0. The number of piperidine rings is 1. The summed E-state index contributed by atoms with van der Waals surface area (Å²) >= 11 is 6.60. The van der Waals surface area contributed by atoms with E-state index in [-0.39, 0.29) is 0 Å². The normalized spacial score (nSPS) is 16.2. The fourth-order valence-corrected chi connectivity index (χ4v) is 5.72. The van der Waals surface area contributed by atoms with E-state index in [9.17, 15) is 8.42 Å². The van der Waals surface area contributed by atoms with Gasteiger partial charge in [-0.15, -0.1) is 0 Å². The van der Waals surface area contributed by atoms with Crippen LogP contribution in [0.4, 0.5) is 11.5 Å². The number of anilines is 2. The van der Waals surface area contributed by atoms with Gasteiger partial charge in [-0.2, -0.15) is 0 Å². The molecule has 0 spiro atoms. The fraction of sp³-hybridized carbons (Fsp3) is 0.346. The van der Waals surface area contributed by atoms with Crippen molar-refractivity contribution in [2.45, 2.75) is 37.1 Å². The third kappa shape index (κ3) is 4.73. The molecule has 0 radical (unpaired) electrons. The third-order valence-corrected chi connectivity index (χ3v) is 8.02. The first-order valence-electron chi connectivity index (χ1n) is 11.5. The number of halogens is 1. The van der Waals surface area contributed by atoms with Crippen LogP contribution in [0.15, 0.2) is 59.6 Å². The second kappa shape index (κ2) is 8.99. The summed E-state index contributed by atoms with van der Waals surface area (Å²) in [7, 11) is -3.22. The SMILES string of the molecule is CS(=O)(=O)c1cccc(CN2CCc3ccc(-c4cc(N5CCCCC5)ncc4Cl)cc32)c1. The average Bonchev–Trinajstić information content (AvgIpc) is 3.21. The van der Waals surface area contributed by atoms with Gasteiger partial charge in [-0.05, 0) is 66.6 Å². The topological polar surface area (TPSA) is 53.5 Å². The van der Waals surface area contributed by atoms with E-state index in [2.05, 4.69) is 39.0 Å². The van der Waals surface area contributed by atoms with E-state index >= 15 is 0 Å². The van der Waals surface area contributed by atoms with E-state index in [1.165, 1.54) is 36.8 Å². The molecule has 172 valence electrons. The van der Waals surface area contributed by atoms with Crippen molar-refractivity contribution in [2.24, 2.45) is 0 Å². The van der Waals surface area contributed by atoms with Crippen molar-refractivity contribution in [3.63, 3.8) is 0 Å². The van der Waals surface area contributed by atoms with E-state index in [0.29, 0.717) is 16.5 Å². The highest BCUT2D eigenvalue weighted by atomic mass is 35.5. The number of hydrogen-bond acceptors (Lipinski definition) is 5. The number of pyridine rings is 1. The van der Waals surface area contributed by atoms with Gasteiger partial charge in [0, 0.05) is 49.9 Å². The molecule has 2 aromatic carbocycles. The Labute approximate surface area is 200 Å². The molecule has 7 heteroatoms. The monoisotopic (exact) mass is 481 g/mol. The summed E-state index contributed by atoms with van der Waals surface area (Å²) in [6, 6.07) is 15.9. The largest absolute Gasteiger partial charge is 0.367 e. The molecule has 5 rings (SSSR count). The van der Waals surface area contributed by atoms with Gasteiger partial charge in [-0.3, -0.25) is 0 Å². The highest BCUT2D eigenvalue weighted by molar-refractivity contribution is 7.90. The Kier molecular flexibility index (Phi) is 6.06. The lowest BCUT2D eigenvalue weighted by molar-refractivity contribution is 0.573. The van der Waals surface area contributed by atoms with Crippen LogP contribution in [-0.4, -0.2) is 39.3 Å². The Balaban J connectivity index is 1.44. The lowest BCUT2D eigenvalue weighted by Crippen LogP contribution is -2.30. The zero-order valence-electron chi connectivity index (χ0n) is 18.8. The van der Waals surface area contributed by atoms with Crippen LogP contribution in [0.3, 0.4) is 0 Å². The van der Waals surface area contributed by atoms with Crippen molar-refractivity contribution >= 4 is 32.9 Å². The molecule has 2 aliphatic heterocycles. The summed E-state index contributed by atoms with van der Waals surface area (Å²) in [5, 5.41) is 0.654. The van der Waals surface area contributed by atoms with Gasteiger partial charge in [-0.1, -0.05) is 35.9 Å². The molecule has 3 aromatic rings. The number of nitrogens with zero attached hydrogens (tertiary/aromatic N) is 3. The summed E-state index contributed by atoms with van der Waals surface area (Å²) in [5.74, 6) is 0.990. The van der Waals surface area contributed by atoms with Crippen LogP contribution in [0, 0.1) is 0 Å². The van der Waals surface area contributed by atoms with Gasteiger partial charge >= 0.3 is 0 Å². The van der Waals surface area contributed by atoms with E-state index in [1.54, 1.807) is 18.3 Å². The molecule has 33 heavy (non-hydrogen) atoms. The molecule has 1 aromatic heterocycles. The van der Waals surface area contributed by atoms with Crippen LogP contribution in [0.2, 0.25) is 5.02 Å². The van der Waals surface area contributed by atoms with E-state index in [1.807, 2.05) is 12.1 Å². The second-order valence-electron chi connectivity index (χ2n) is 9.00. The summed E-state index contributed by atoms with van der Waals surface area (Å²) in [4.78, 5) is 9.62. The van der Waals surface area contributed by atoms with Crippen LogP contribution in [0.25, 0.3) is 11.1 Å². The van der Waals surface area contributed by atoms with Crippen molar-refractivity contribution in [3.8, 4) is 11.1 Å². The average molecular weight is 482 g/mol. The number of benzene rings is 2. The van der Waals surface area contributed by atoms with Gasteiger partial charge in [-0.25, -0.2) is 13.4 Å². The predicted molar refractivity (Wildman–Crippen MR) is 135 cm³/mol. The van der Waals surface area contributed by atoms with Crippen molar-refractivity contribution in [1.29, 1.82) is 0 Å². The number of hydrogen-bond donors (Lipinski definition) is 0. The van der Waals surface area contributed by atoms with Gasteiger partial charge in [0.05, 0.1) is 9.92 Å². The minimum Gasteiger partial charge on any atom is -0.367 e. The standard InChI is InChI=1S/C26H28ClN3O2S/c1-33(31,32)22-7-5-6-19(14-22)18-30-13-10-20-8-9-21(15-25(20)30)23-16-26(28-17-24(23)27)29-11-3-2-4-12-29/h5-9,14-17H,2-4,10-13,18H2,1H3. The van der Waals surface area contributed by atoms with Crippen molar-refractivity contribution in [1.82, 2.24) is 4.98 Å². The number of aromatic nitrogens is 1. The van der Waals surface area contributed by atoms with Crippen LogP contribution in [0.5, 0.6) is 0 Å². The van der Waals surface area contributed by atoms with Gasteiger partial charge in [0.2, 0.25) is 0 Å². The highest BCUT2D eigenvalue weighted by Gasteiger charge is 2.22. The summed E-state index contributed by atoms with van der Waals surface area (Å²) in [6.07, 6.45) is 7.68. The molecule has 2 aliphatic rings. The molecule has 0 unspecified atom stereocenters. The van der Waals surface area contributed by atoms with E-state index < -0.39 is 9.84 Å². The molecule has 3 heterocycles. The molecular formula is C26H28ClN3O2S. The Morgan fingerprint density at radius 3 is 2.61 bits per heavy atom. The van der Waals surface area contributed by atoms with Crippen molar-refractivity contribution in [2.75, 3.05) is 35.7 Å². The maximum atomic E-state index is 12.0. The molecule has 5 nitrogen and oxygen atoms in total. The lowest BCUT2D eigenvalue weighted by Gasteiger charge is -2.28. The van der Waals surface area contributed by atoms with Gasteiger partial charge in [0.15, 0.2) is 9.84 Å². The molecule has 1 fully saturated rings. The lowest BCUT2D eigenvalue weighted by atomic mass is 10.0. The number of fused-ring (bicyclic) bond motifs is 1. The number of sulfone groups is 1. The fourth-order valence-electron chi connectivity index (χ4n) is 4.82. The molecule has 0 N–H and O–H groups in total. The Hall–Kier alpha value is -2.57. The molecule has 1 saturated heterocycles. The first-order valence-corrected chi connectivity index (χ1v) is 13.7. The molecular weight excluding hydrogens is 454 g/mol. The van der Waals surface area contributed by atoms with Crippen LogP contribution in [0.1, 0.15) is 30.4 Å². The van der Waals surface area contributed by atoms with Crippen LogP contribution >= 0.6 is 11.6 Å². The molecule has 0 amide bonds. The first-order chi connectivity index (χ1) is 15.9. The highest BCUT2D eigenvalue weighted by Crippen LogP contribution is 2.37. The summed E-state index contributed by atoms with van der Waals surface area (Å²) < 4.78 is 23.9. The van der Waals surface area contributed by atoms with Crippen molar-refractivity contribution in [3.05, 3.63) is 70.9 Å². The van der Waals surface area contributed by atoms with Gasteiger partial charge in [0.1, 0.15) is 5.82 Å². The van der Waals surface area contributed by atoms with Gasteiger partial charge < -0.3 is 9.80 Å². The smallest absolute Gasteiger partial charge is 0.175 e. The minimum atomic E-state index is -3.22. The Morgan fingerprint density at radius 2 is 1.82 bits per heavy atom. The second-order valence-corrected chi connectivity index (χ2v) is 11.4. The Morgan fingerprint density at radius 1 is 1.00 bits per heavy atom. The van der Waals surface area contributed by atoms with E-state index in [4.69, 9.17) is 11.6 Å². The maximum absolute atomic E-state index is 12.0. The third-order valence-electron chi connectivity index (χ3n) is 6.61. The van der Waals surface area contributed by atoms with Crippen molar-refractivity contribution < 1.29 is 8.42 Å². The van der Waals surface area contributed by atoms with Gasteiger partial charge in [0.25, 0.3) is 0 Å². The summed E-state index contributed by atoms with van der Waals surface area (Å²) in [6.45, 7) is 3.66. The predicted octanol–water partition coefficient (Wildman–Crippen LogP) is 5.36. The zero-order valence-corrected chi connectivity index (χ0v) is 20.4. The molecule has 0 bridgehead atoms. The number of rotatable bonds is 5. The molecule has 0 atom stereocenters. The quantitative estimate of drug-likeness (QED) is 0.491. The van der Waals surface area contributed by atoms with E-state index in [0.717, 1.165) is 48.6 Å². The Bertz CT molecular complexity index is 1290. The van der Waals surface area contributed by atoms with Crippen LogP contribution < -0.4 is 9.80 Å².